The SMILES string of the molecule is O=C1CCC(c2c(O)cccc2O)C(=O)O1. The second kappa shape index (κ2) is 3.84. The number of phenols is 2. The summed E-state index contributed by atoms with van der Waals surface area (Å²) in [6.07, 6.45) is 0.340. The van der Waals surface area contributed by atoms with Crippen LogP contribution in [-0.2, 0) is 14.3 Å². The minimum absolute atomic E-state index is 0.101. The largest absolute Gasteiger partial charge is 0.508 e. The van der Waals surface area contributed by atoms with Crippen LogP contribution in [0.2, 0.25) is 0 Å². The maximum Gasteiger partial charge on any atom is 0.321 e. The molecule has 0 amide bonds. The minimum Gasteiger partial charge on any atom is -0.508 e. The van der Waals surface area contributed by atoms with Crippen LogP contribution in [0.5, 0.6) is 11.5 Å². The number of carbonyl (C=O) groups excluding carboxylic acids is 2. The fourth-order valence-electron chi connectivity index (χ4n) is 1.77. The van der Waals surface area contributed by atoms with E-state index in [4.69, 9.17) is 0 Å². The molecule has 1 aliphatic rings. The first kappa shape index (κ1) is 10.5. The van der Waals surface area contributed by atoms with E-state index < -0.39 is 17.9 Å². The number of aromatic hydroxyl groups is 2. The molecule has 0 bridgehead atoms. The molecular formula is C11H10O5. The molecule has 5 nitrogen and oxygen atoms in total. The lowest BCUT2D eigenvalue weighted by Gasteiger charge is -2.21. The maximum absolute atomic E-state index is 11.4. The number of carbonyl (C=O) groups is 2. The average Bonchev–Trinajstić information content (AvgIpc) is 2.20. The number of esters is 2. The molecule has 1 aliphatic heterocycles. The predicted octanol–water partition coefficient (Wildman–Crippen LogP) is 1.04. The molecular weight excluding hydrogens is 212 g/mol. The summed E-state index contributed by atoms with van der Waals surface area (Å²) in [4.78, 5) is 22.3. The molecule has 0 aliphatic carbocycles. The highest BCUT2D eigenvalue weighted by Crippen LogP contribution is 2.38. The van der Waals surface area contributed by atoms with Crippen molar-refractivity contribution in [3.8, 4) is 11.5 Å². The van der Waals surface area contributed by atoms with Gasteiger partial charge in [-0.3, -0.25) is 9.59 Å². The van der Waals surface area contributed by atoms with Gasteiger partial charge in [-0.1, -0.05) is 6.07 Å². The molecule has 0 aromatic heterocycles. The molecule has 2 N–H and O–H groups in total. The third-order valence-electron chi connectivity index (χ3n) is 2.54. The quantitative estimate of drug-likeness (QED) is 0.548. The zero-order valence-corrected chi connectivity index (χ0v) is 8.34. The fourth-order valence-corrected chi connectivity index (χ4v) is 1.77. The van der Waals surface area contributed by atoms with Gasteiger partial charge in [0, 0.05) is 12.0 Å². The molecule has 2 rings (SSSR count). The van der Waals surface area contributed by atoms with Crippen LogP contribution in [0.1, 0.15) is 24.3 Å². The molecule has 1 aromatic rings. The van der Waals surface area contributed by atoms with E-state index in [9.17, 15) is 19.8 Å². The average molecular weight is 222 g/mol. The van der Waals surface area contributed by atoms with Crippen LogP contribution in [0.3, 0.4) is 0 Å². The first-order valence-electron chi connectivity index (χ1n) is 4.85. The van der Waals surface area contributed by atoms with Gasteiger partial charge in [-0.05, 0) is 18.6 Å². The highest BCUT2D eigenvalue weighted by atomic mass is 16.6. The third-order valence-corrected chi connectivity index (χ3v) is 2.54. The summed E-state index contributed by atoms with van der Waals surface area (Å²) >= 11 is 0. The highest BCUT2D eigenvalue weighted by molar-refractivity contribution is 5.93. The van der Waals surface area contributed by atoms with Crippen LogP contribution in [-0.4, -0.2) is 22.2 Å². The fraction of sp³-hybridized carbons (Fsp3) is 0.273. The predicted molar refractivity (Wildman–Crippen MR) is 52.8 cm³/mol. The van der Waals surface area contributed by atoms with E-state index in [0.717, 1.165) is 0 Å². The van der Waals surface area contributed by atoms with E-state index in [-0.39, 0.29) is 29.9 Å². The number of rotatable bonds is 1. The summed E-state index contributed by atoms with van der Waals surface area (Å²) in [5.74, 6) is -2.42. The summed E-state index contributed by atoms with van der Waals surface area (Å²) < 4.78 is 4.46. The molecule has 1 saturated heterocycles. The van der Waals surface area contributed by atoms with E-state index in [1.54, 1.807) is 0 Å². The normalized spacial score (nSPS) is 20.6. The lowest BCUT2D eigenvalue weighted by molar-refractivity contribution is -0.164. The van der Waals surface area contributed by atoms with E-state index in [0.29, 0.717) is 0 Å². The van der Waals surface area contributed by atoms with Crippen LogP contribution in [0.25, 0.3) is 0 Å². The summed E-state index contributed by atoms with van der Waals surface area (Å²) in [6.45, 7) is 0. The van der Waals surface area contributed by atoms with E-state index >= 15 is 0 Å². The smallest absolute Gasteiger partial charge is 0.321 e. The van der Waals surface area contributed by atoms with Gasteiger partial charge in [-0.2, -0.15) is 0 Å². The van der Waals surface area contributed by atoms with Crippen molar-refractivity contribution in [3.05, 3.63) is 23.8 Å². The zero-order chi connectivity index (χ0) is 11.7. The molecule has 84 valence electrons. The Labute approximate surface area is 91.3 Å². The number of benzene rings is 1. The molecule has 1 atom stereocenters. The van der Waals surface area contributed by atoms with Crippen LogP contribution >= 0.6 is 0 Å². The molecule has 0 radical (unpaired) electrons. The highest BCUT2D eigenvalue weighted by Gasteiger charge is 2.33. The van der Waals surface area contributed by atoms with Gasteiger partial charge >= 0.3 is 11.9 Å². The third kappa shape index (κ3) is 1.71. The second-order valence-corrected chi connectivity index (χ2v) is 3.59. The Morgan fingerprint density at radius 1 is 1.19 bits per heavy atom. The Balaban J connectivity index is 2.37. The van der Waals surface area contributed by atoms with Crippen molar-refractivity contribution in [3.63, 3.8) is 0 Å². The second-order valence-electron chi connectivity index (χ2n) is 3.59. The van der Waals surface area contributed by atoms with E-state index in [1.807, 2.05) is 0 Å². The number of cyclic esters (lactones) is 2. The van der Waals surface area contributed by atoms with Gasteiger partial charge in [0.2, 0.25) is 0 Å². The zero-order valence-electron chi connectivity index (χ0n) is 8.34. The summed E-state index contributed by atoms with van der Waals surface area (Å²) in [5.41, 5.74) is 0.125. The lowest BCUT2D eigenvalue weighted by Crippen LogP contribution is -2.26. The monoisotopic (exact) mass is 222 g/mol. The van der Waals surface area contributed by atoms with Crippen molar-refractivity contribution in [2.75, 3.05) is 0 Å². The molecule has 1 aromatic carbocycles. The van der Waals surface area contributed by atoms with Gasteiger partial charge in [0.25, 0.3) is 0 Å². The number of ether oxygens (including phenoxy) is 1. The number of hydrogen-bond acceptors (Lipinski definition) is 5. The maximum atomic E-state index is 11.4. The molecule has 0 saturated carbocycles. The van der Waals surface area contributed by atoms with Crippen LogP contribution < -0.4 is 0 Å². The molecule has 1 fully saturated rings. The van der Waals surface area contributed by atoms with Crippen molar-refractivity contribution in [2.24, 2.45) is 0 Å². The van der Waals surface area contributed by atoms with Gasteiger partial charge < -0.3 is 14.9 Å². The van der Waals surface area contributed by atoms with Crippen molar-refractivity contribution in [2.45, 2.75) is 18.8 Å². The first-order valence-corrected chi connectivity index (χ1v) is 4.85. The van der Waals surface area contributed by atoms with Gasteiger partial charge in [-0.15, -0.1) is 0 Å². The van der Waals surface area contributed by atoms with Crippen molar-refractivity contribution < 1.29 is 24.5 Å². The minimum atomic E-state index is -0.779. The van der Waals surface area contributed by atoms with Crippen molar-refractivity contribution in [1.82, 2.24) is 0 Å². The van der Waals surface area contributed by atoms with Crippen LogP contribution in [0.15, 0.2) is 18.2 Å². The topological polar surface area (TPSA) is 83.8 Å². The first-order chi connectivity index (χ1) is 7.59. The molecule has 0 spiro atoms. The Morgan fingerprint density at radius 3 is 2.38 bits per heavy atom. The van der Waals surface area contributed by atoms with Gasteiger partial charge in [0.15, 0.2) is 0 Å². The summed E-state index contributed by atoms with van der Waals surface area (Å²) in [6, 6.07) is 4.21. The standard InChI is InChI=1S/C11H10O5/c12-7-2-1-3-8(13)10(7)6-4-5-9(14)16-11(6)15/h1-3,6,12-13H,4-5H2. The lowest BCUT2D eigenvalue weighted by atomic mass is 9.91. The van der Waals surface area contributed by atoms with Gasteiger partial charge in [-0.25, -0.2) is 0 Å². The van der Waals surface area contributed by atoms with Crippen molar-refractivity contribution in [1.29, 1.82) is 0 Å². The molecule has 5 heteroatoms. The Hall–Kier alpha value is -2.04. The van der Waals surface area contributed by atoms with Crippen LogP contribution in [0, 0.1) is 0 Å². The van der Waals surface area contributed by atoms with Gasteiger partial charge in [0.05, 0.1) is 5.92 Å². The summed E-state index contributed by atoms with van der Waals surface area (Å²) in [7, 11) is 0. The van der Waals surface area contributed by atoms with Crippen molar-refractivity contribution >= 4 is 11.9 Å². The van der Waals surface area contributed by atoms with E-state index in [1.165, 1.54) is 18.2 Å². The Morgan fingerprint density at radius 2 is 1.81 bits per heavy atom. The Kier molecular flexibility index (Phi) is 2.52. The Bertz CT molecular complexity index is 431. The summed E-state index contributed by atoms with van der Waals surface area (Å²) in [5, 5.41) is 19.1. The molecule has 16 heavy (non-hydrogen) atoms. The van der Waals surface area contributed by atoms with E-state index in [2.05, 4.69) is 4.74 Å². The van der Waals surface area contributed by atoms with Crippen LogP contribution in [0.4, 0.5) is 0 Å². The molecule has 1 heterocycles. The van der Waals surface area contributed by atoms with Gasteiger partial charge in [0.1, 0.15) is 11.5 Å². The molecule has 1 unspecified atom stereocenters. The number of phenolic OH excluding ortho intramolecular Hbond substituents is 2. The number of hydrogen-bond donors (Lipinski definition) is 2.